The van der Waals surface area contributed by atoms with Crippen molar-refractivity contribution >= 4 is 17.2 Å². The second-order valence-electron chi connectivity index (χ2n) is 7.31. The first-order valence-electron chi connectivity index (χ1n) is 9.36. The van der Waals surface area contributed by atoms with Crippen LogP contribution in [0.2, 0.25) is 0 Å². The van der Waals surface area contributed by atoms with Gasteiger partial charge in [-0.15, -0.1) is 0 Å². The van der Waals surface area contributed by atoms with Crippen LogP contribution in [0.25, 0.3) is 16.8 Å². The van der Waals surface area contributed by atoms with Crippen LogP contribution in [0.1, 0.15) is 19.3 Å². The molecule has 1 saturated heterocycles. The summed E-state index contributed by atoms with van der Waals surface area (Å²) < 4.78 is 9.58. The molecule has 2 fully saturated rings. The van der Waals surface area contributed by atoms with Crippen LogP contribution in [0.15, 0.2) is 30.6 Å². The van der Waals surface area contributed by atoms with Gasteiger partial charge in [0.2, 0.25) is 5.91 Å². The summed E-state index contributed by atoms with van der Waals surface area (Å²) in [6.07, 6.45) is 6.75. The maximum absolute atomic E-state index is 12.0. The summed E-state index contributed by atoms with van der Waals surface area (Å²) in [4.78, 5) is 12.0. The lowest BCUT2D eigenvalue weighted by molar-refractivity contribution is -0.117. The molecule has 1 aliphatic carbocycles. The van der Waals surface area contributed by atoms with Gasteiger partial charge in [-0.1, -0.05) is 0 Å². The zero-order valence-corrected chi connectivity index (χ0v) is 15.2. The molecule has 1 amide bonds. The number of nitrogens with one attached hydrogen (secondary N) is 2. The quantitative estimate of drug-likeness (QED) is 0.695. The number of amides is 1. The fraction of sp³-hybridized carbons (Fsp3) is 0.421. The van der Waals surface area contributed by atoms with E-state index in [2.05, 4.69) is 20.8 Å². The predicted molar refractivity (Wildman–Crippen MR) is 101 cm³/mol. The van der Waals surface area contributed by atoms with Crippen LogP contribution >= 0.6 is 0 Å². The molecular formula is C19H22N6O2. The molecule has 3 aromatic heterocycles. The highest BCUT2D eigenvalue weighted by Crippen LogP contribution is 2.32. The summed E-state index contributed by atoms with van der Waals surface area (Å²) in [7, 11) is 1.91. The Morgan fingerprint density at radius 2 is 2.22 bits per heavy atom. The third-order valence-corrected chi connectivity index (χ3v) is 5.21. The smallest absolute Gasteiger partial charge is 0.228 e. The van der Waals surface area contributed by atoms with Crippen molar-refractivity contribution < 1.29 is 9.53 Å². The van der Waals surface area contributed by atoms with Crippen LogP contribution in [-0.4, -0.2) is 44.5 Å². The number of carbonyl (C=O) groups is 1. The molecule has 2 aliphatic rings. The molecule has 0 radical (unpaired) electrons. The number of rotatable bonds is 6. The largest absolute Gasteiger partial charge is 0.488 e. The maximum atomic E-state index is 12.0. The molecule has 0 unspecified atom stereocenters. The summed E-state index contributed by atoms with van der Waals surface area (Å²) in [5.41, 5.74) is 2.84. The molecule has 3 aromatic rings. The third-order valence-electron chi connectivity index (χ3n) is 5.21. The lowest BCUT2D eigenvalue weighted by atomic mass is 10.1. The van der Waals surface area contributed by atoms with Crippen LogP contribution in [-0.2, 0) is 11.8 Å². The zero-order valence-electron chi connectivity index (χ0n) is 15.2. The highest BCUT2D eigenvalue weighted by molar-refractivity contribution is 5.93. The number of nitrogens with zero attached hydrogens (tertiary/aromatic N) is 4. The number of ether oxygens (including phenoxy) is 1. The van der Waals surface area contributed by atoms with Crippen LogP contribution in [0.5, 0.6) is 5.75 Å². The minimum absolute atomic E-state index is 0.0607. The van der Waals surface area contributed by atoms with Gasteiger partial charge in [0.1, 0.15) is 12.3 Å². The van der Waals surface area contributed by atoms with Crippen molar-refractivity contribution in [3.05, 3.63) is 30.6 Å². The van der Waals surface area contributed by atoms with Gasteiger partial charge in [-0.3, -0.25) is 9.48 Å². The van der Waals surface area contributed by atoms with Crippen molar-refractivity contribution in [2.75, 3.05) is 18.5 Å². The fourth-order valence-electron chi connectivity index (χ4n) is 3.31. The molecule has 8 heteroatoms. The van der Waals surface area contributed by atoms with Gasteiger partial charge < -0.3 is 15.4 Å². The molecule has 5 rings (SSSR count). The first kappa shape index (κ1) is 16.3. The van der Waals surface area contributed by atoms with E-state index in [-0.39, 0.29) is 11.8 Å². The lowest BCUT2D eigenvalue weighted by Gasteiger charge is -2.27. The minimum atomic E-state index is 0.0607. The molecule has 1 atom stereocenters. The summed E-state index contributed by atoms with van der Waals surface area (Å²) in [5, 5.41) is 15.0. The number of hydrogen-bond acceptors (Lipinski definition) is 5. The SMILES string of the molecule is Cn1ncc(OC[C@H]2CCN2)c1-c1ccn2nc(NC(=O)C3CC3)cc2c1. The van der Waals surface area contributed by atoms with Crippen molar-refractivity contribution in [3.63, 3.8) is 0 Å². The monoisotopic (exact) mass is 366 g/mol. The van der Waals surface area contributed by atoms with Crippen molar-refractivity contribution in [3.8, 4) is 17.0 Å². The van der Waals surface area contributed by atoms with Crippen LogP contribution in [0, 0.1) is 5.92 Å². The highest BCUT2D eigenvalue weighted by Gasteiger charge is 2.30. The number of pyridine rings is 1. The summed E-state index contributed by atoms with van der Waals surface area (Å²) in [5.74, 6) is 1.58. The average Bonchev–Trinajstić information content (AvgIpc) is 3.29. The molecule has 2 N–H and O–H groups in total. The Kier molecular flexibility index (Phi) is 3.86. The molecule has 1 saturated carbocycles. The molecule has 0 bridgehead atoms. The first-order valence-corrected chi connectivity index (χ1v) is 9.36. The van der Waals surface area contributed by atoms with E-state index in [0.29, 0.717) is 18.5 Å². The maximum Gasteiger partial charge on any atom is 0.228 e. The van der Waals surface area contributed by atoms with Crippen LogP contribution in [0.4, 0.5) is 5.82 Å². The Balaban J connectivity index is 1.41. The van der Waals surface area contributed by atoms with E-state index in [0.717, 1.165) is 48.3 Å². The number of carbonyl (C=O) groups excluding carboxylic acids is 1. The fourth-order valence-corrected chi connectivity index (χ4v) is 3.31. The number of aryl methyl sites for hydroxylation is 1. The van der Waals surface area contributed by atoms with Crippen molar-refractivity contribution in [1.29, 1.82) is 0 Å². The van der Waals surface area contributed by atoms with Gasteiger partial charge in [0.25, 0.3) is 0 Å². The molecular weight excluding hydrogens is 344 g/mol. The topological polar surface area (TPSA) is 85.5 Å². The Labute approximate surface area is 156 Å². The van der Waals surface area contributed by atoms with Gasteiger partial charge >= 0.3 is 0 Å². The second kappa shape index (κ2) is 6.38. The molecule has 27 heavy (non-hydrogen) atoms. The standard InChI is InChI=1S/C19H22N6O2/c1-24-18(16(10-21-24)27-11-14-4-6-20-14)13-5-7-25-15(8-13)9-17(23-25)22-19(26)12-2-3-12/h5,7-10,12,14,20H,2-4,6,11H2,1H3,(H,22,23,26)/t14-/m1/s1. The minimum Gasteiger partial charge on any atom is -0.488 e. The Morgan fingerprint density at radius 3 is 2.96 bits per heavy atom. The number of aromatic nitrogens is 4. The Bertz CT molecular complexity index is 999. The normalized spacial score (nSPS) is 19.1. The molecule has 140 valence electrons. The van der Waals surface area contributed by atoms with Gasteiger partial charge in [-0.05, 0) is 37.9 Å². The van der Waals surface area contributed by atoms with Crippen LogP contribution < -0.4 is 15.4 Å². The van der Waals surface area contributed by atoms with E-state index in [1.807, 2.05) is 36.1 Å². The predicted octanol–water partition coefficient (Wildman–Crippen LogP) is 1.82. The summed E-state index contributed by atoms with van der Waals surface area (Å²) in [6, 6.07) is 6.33. The van der Waals surface area contributed by atoms with E-state index in [4.69, 9.17) is 4.74 Å². The van der Waals surface area contributed by atoms with E-state index < -0.39 is 0 Å². The van der Waals surface area contributed by atoms with Gasteiger partial charge in [0, 0.05) is 36.8 Å². The van der Waals surface area contributed by atoms with Crippen molar-refractivity contribution in [2.45, 2.75) is 25.3 Å². The van der Waals surface area contributed by atoms with Gasteiger partial charge in [-0.2, -0.15) is 10.2 Å². The first-order chi connectivity index (χ1) is 13.2. The molecule has 8 nitrogen and oxygen atoms in total. The summed E-state index contributed by atoms with van der Waals surface area (Å²) in [6.45, 7) is 1.70. The van der Waals surface area contributed by atoms with Crippen LogP contribution in [0.3, 0.4) is 0 Å². The Morgan fingerprint density at radius 1 is 1.37 bits per heavy atom. The average molecular weight is 366 g/mol. The lowest BCUT2D eigenvalue weighted by Crippen LogP contribution is -2.46. The molecule has 4 heterocycles. The number of hydrogen-bond donors (Lipinski definition) is 2. The van der Waals surface area contributed by atoms with E-state index in [9.17, 15) is 4.79 Å². The highest BCUT2D eigenvalue weighted by atomic mass is 16.5. The van der Waals surface area contributed by atoms with E-state index in [1.165, 1.54) is 0 Å². The van der Waals surface area contributed by atoms with Crippen molar-refractivity contribution in [2.24, 2.45) is 13.0 Å². The second-order valence-corrected chi connectivity index (χ2v) is 7.31. The van der Waals surface area contributed by atoms with E-state index >= 15 is 0 Å². The molecule has 0 spiro atoms. The molecule has 0 aromatic carbocycles. The Hall–Kier alpha value is -2.87. The molecule has 1 aliphatic heterocycles. The summed E-state index contributed by atoms with van der Waals surface area (Å²) >= 11 is 0. The van der Waals surface area contributed by atoms with E-state index in [1.54, 1.807) is 10.7 Å². The van der Waals surface area contributed by atoms with Gasteiger partial charge in [0.15, 0.2) is 11.6 Å². The zero-order chi connectivity index (χ0) is 18.4. The van der Waals surface area contributed by atoms with Gasteiger partial charge in [-0.25, -0.2) is 4.52 Å². The van der Waals surface area contributed by atoms with Crippen molar-refractivity contribution in [1.82, 2.24) is 24.7 Å². The van der Waals surface area contributed by atoms with Gasteiger partial charge in [0.05, 0.1) is 11.7 Å². The third kappa shape index (κ3) is 3.16. The number of fused-ring (bicyclic) bond motifs is 1. The number of anilines is 1.